The number of hydrogen-bond donors (Lipinski definition) is 2. The summed E-state index contributed by atoms with van der Waals surface area (Å²) in [5, 5.41) is 0.617. The highest BCUT2D eigenvalue weighted by molar-refractivity contribution is 6.05. The summed E-state index contributed by atoms with van der Waals surface area (Å²) >= 11 is 0. The van der Waals surface area contributed by atoms with E-state index < -0.39 is 11.5 Å². The first-order chi connectivity index (χ1) is 12.5. The third kappa shape index (κ3) is 2.43. The van der Waals surface area contributed by atoms with Gasteiger partial charge in [0.15, 0.2) is 0 Å². The lowest BCUT2D eigenvalue weighted by Crippen LogP contribution is -2.28. The fraction of sp³-hybridized carbons (Fsp3) is 0.100. The summed E-state index contributed by atoms with van der Waals surface area (Å²) in [6.07, 6.45) is 3.05. The first kappa shape index (κ1) is 16.0. The number of hydrogen-bond acceptors (Lipinski definition) is 5. The zero-order chi connectivity index (χ0) is 18.4. The Hall–Kier alpha value is -3.54. The van der Waals surface area contributed by atoms with Crippen LogP contribution in [0.15, 0.2) is 53.3 Å². The number of methoxy groups -OCH3 is 1. The average Bonchev–Trinajstić information content (AvgIpc) is 3.48. The Labute approximate surface area is 149 Å². The predicted molar refractivity (Wildman–Crippen MR) is 102 cm³/mol. The molecule has 6 nitrogen and oxygen atoms in total. The third-order valence-electron chi connectivity index (χ3n) is 4.53. The number of anilines is 2. The Bertz CT molecular complexity index is 1140. The Morgan fingerprint density at radius 3 is 2.42 bits per heavy atom. The number of carbonyl (C=O) groups is 1. The van der Waals surface area contributed by atoms with Gasteiger partial charge in [-0.15, -0.1) is 0 Å². The van der Waals surface area contributed by atoms with E-state index >= 15 is 0 Å². The predicted octanol–water partition coefficient (Wildman–Crippen LogP) is 2.73. The molecule has 4 rings (SSSR count). The molecule has 1 aliphatic rings. The van der Waals surface area contributed by atoms with Gasteiger partial charge in [-0.3, -0.25) is 9.36 Å². The molecule has 0 spiro atoms. The number of aromatic nitrogens is 1. The molecule has 4 N–H and O–H groups in total. The minimum atomic E-state index is -0.757. The fourth-order valence-corrected chi connectivity index (χ4v) is 3.08. The minimum absolute atomic E-state index is 0.125. The molecule has 0 saturated carbocycles. The van der Waals surface area contributed by atoms with Crippen LogP contribution in [0, 0.1) is 0 Å². The number of rotatable bonds is 3. The summed E-state index contributed by atoms with van der Waals surface area (Å²) in [6.45, 7) is 0. The molecule has 2 aromatic carbocycles. The van der Waals surface area contributed by atoms with E-state index in [4.69, 9.17) is 16.2 Å². The van der Waals surface area contributed by atoms with Crippen molar-refractivity contribution in [1.29, 1.82) is 0 Å². The largest absolute Gasteiger partial charge is 0.465 e. The maximum absolute atomic E-state index is 13.1. The Morgan fingerprint density at radius 1 is 1.12 bits per heavy atom. The number of allylic oxidation sites excluding steroid dienone is 2. The fourth-order valence-electron chi connectivity index (χ4n) is 3.08. The molecule has 0 unspecified atom stereocenters. The van der Waals surface area contributed by atoms with Gasteiger partial charge in [0.2, 0.25) is 0 Å². The highest BCUT2D eigenvalue weighted by Crippen LogP contribution is 2.34. The van der Waals surface area contributed by atoms with Crippen molar-refractivity contribution >= 4 is 33.8 Å². The summed E-state index contributed by atoms with van der Waals surface area (Å²) in [6, 6.07) is 12.6. The smallest absolute Gasteiger partial charge is 0.345 e. The molecule has 1 heterocycles. The van der Waals surface area contributed by atoms with Crippen LogP contribution in [0.3, 0.4) is 0 Å². The highest BCUT2D eigenvalue weighted by atomic mass is 16.5. The van der Waals surface area contributed by atoms with Crippen molar-refractivity contribution in [3.8, 4) is 5.69 Å². The Balaban J connectivity index is 2.13. The number of nitrogens with two attached hydrogens (primary N) is 2. The van der Waals surface area contributed by atoms with Crippen LogP contribution in [0.5, 0.6) is 0 Å². The van der Waals surface area contributed by atoms with Gasteiger partial charge < -0.3 is 16.2 Å². The molecule has 0 saturated heterocycles. The lowest BCUT2D eigenvalue weighted by molar-refractivity contribution is 0.0600. The quantitative estimate of drug-likeness (QED) is 0.560. The summed E-state index contributed by atoms with van der Waals surface area (Å²) in [4.78, 5) is 25.3. The van der Waals surface area contributed by atoms with Gasteiger partial charge in [-0.1, -0.05) is 18.2 Å². The summed E-state index contributed by atoms with van der Waals surface area (Å²) < 4.78 is 6.24. The van der Waals surface area contributed by atoms with Crippen molar-refractivity contribution in [2.45, 2.75) is 6.42 Å². The van der Waals surface area contributed by atoms with Gasteiger partial charge in [-0.05, 0) is 47.9 Å². The van der Waals surface area contributed by atoms with E-state index in [1.165, 1.54) is 17.3 Å². The number of esters is 1. The van der Waals surface area contributed by atoms with Gasteiger partial charge in [0.05, 0.1) is 18.3 Å². The van der Waals surface area contributed by atoms with E-state index in [2.05, 4.69) is 6.08 Å². The van der Waals surface area contributed by atoms with Crippen LogP contribution in [0.25, 0.3) is 22.2 Å². The number of fused-ring (bicyclic) bond motifs is 1. The molecule has 1 aromatic heterocycles. The first-order valence-electron chi connectivity index (χ1n) is 8.13. The lowest BCUT2D eigenvalue weighted by Gasteiger charge is -2.16. The standard InChI is InChI=1S/C20H17N3O3/c1-26-20(25)17-18(22)15-9-4-12(11-2-3-11)10-16(15)23(19(17)24)14-7-5-13(21)6-8-14/h2,4-10H,3,21-22H2,1H3. The molecule has 0 atom stereocenters. The van der Waals surface area contributed by atoms with Gasteiger partial charge in [0.1, 0.15) is 5.56 Å². The van der Waals surface area contributed by atoms with Crippen molar-refractivity contribution in [3.63, 3.8) is 0 Å². The summed E-state index contributed by atoms with van der Waals surface area (Å²) in [5.41, 5.74) is 15.4. The lowest BCUT2D eigenvalue weighted by atomic mass is 10.0. The SMILES string of the molecule is COC(=O)c1c(N)c2ccc(C3=CC3)cc2n(-c2ccc(N)cc2)c1=O. The average molecular weight is 347 g/mol. The number of nitrogens with zero attached hydrogens (tertiary/aromatic N) is 1. The zero-order valence-corrected chi connectivity index (χ0v) is 14.2. The number of carbonyl (C=O) groups excluding carboxylic acids is 1. The molecule has 0 amide bonds. The number of nitrogen functional groups attached to an aromatic ring is 2. The maximum Gasteiger partial charge on any atom is 0.345 e. The molecular weight excluding hydrogens is 330 g/mol. The van der Waals surface area contributed by atoms with Crippen LogP contribution in [0.4, 0.5) is 11.4 Å². The molecule has 26 heavy (non-hydrogen) atoms. The molecule has 3 aromatic rings. The van der Waals surface area contributed by atoms with E-state index in [0.29, 0.717) is 22.3 Å². The van der Waals surface area contributed by atoms with Crippen molar-refractivity contribution in [1.82, 2.24) is 4.57 Å². The minimum Gasteiger partial charge on any atom is -0.465 e. The highest BCUT2D eigenvalue weighted by Gasteiger charge is 2.23. The second-order valence-electron chi connectivity index (χ2n) is 6.18. The maximum atomic E-state index is 13.1. The van der Waals surface area contributed by atoms with Crippen LogP contribution in [-0.4, -0.2) is 17.6 Å². The second kappa shape index (κ2) is 5.77. The second-order valence-corrected chi connectivity index (χ2v) is 6.18. The van der Waals surface area contributed by atoms with E-state index in [1.54, 1.807) is 24.3 Å². The Morgan fingerprint density at radius 2 is 1.81 bits per heavy atom. The molecular formula is C20H17N3O3. The molecule has 0 aliphatic heterocycles. The molecule has 6 heteroatoms. The van der Waals surface area contributed by atoms with Crippen LogP contribution in [0.2, 0.25) is 0 Å². The van der Waals surface area contributed by atoms with E-state index in [-0.39, 0.29) is 11.3 Å². The third-order valence-corrected chi connectivity index (χ3v) is 4.53. The Kier molecular flexibility index (Phi) is 3.54. The van der Waals surface area contributed by atoms with E-state index in [1.807, 2.05) is 18.2 Å². The van der Waals surface area contributed by atoms with Crippen LogP contribution >= 0.6 is 0 Å². The van der Waals surface area contributed by atoms with Gasteiger partial charge in [0, 0.05) is 16.8 Å². The summed E-state index contributed by atoms with van der Waals surface area (Å²) in [5.74, 6) is -0.757. The first-order valence-corrected chi connectivity index (χ1v) is 8.13. The van der Waals surface area contributed by atoms with Crippen LogP contribution in [0.1, 0.15) is 22.3 Å². The molecule has 0 bridgehead atoms. The van der Waals surface area contributed by atoms with Crippen LogP contribution < -0.4 is 17.0 Å². The van der Waals surface area contributed by atoms with Gasteiger partial charge in [-0.2, -0.15) is 0 Å². The monoisotopic (exact) mass is 347 g/mol. The normalized spacial score (nSPS) is 12.7. The summed E-state index contributed by atoms with van der Waals surface area (Å²) in [7, 11) is 1.22. The van der Waals surface area contributed by atoms with E-state index in [9.17, 15) is 9.59 Å². The van der Waals surface area contributed by atoms with Gasteiger partial charge in [0.25, 0.3) is 5.56 Å². The molecule has 1 aliphatic carbocycles. The number of pyridine rings is 1. The van der Waals surface area contributed by atoms with E-state index in [0.717, 1.165) is 12.0 Å². The number of benzene rings is 2. The zero-order valence-electron chi connectivity index (χ0n) is 14.2. The topological polar surface area (TPSA) is 100 Å². The molecule has 0 fully saturated rings. The van der Waals surface area contributed by atoms with Crippen molar-refractivity contribution in [3.05, 3.63) is 70.0 Å². The molecule has 130 valence electrons. The van der Waals surface area contributed by atoms with Crippen molar-refractivity contribution < 1.29 is 9.53 Å². The van der Waals surface area contributed by atoms with Gasteiger partial charge >= 0.3 is 5.97 Å². The number of ether oxygens (including phenoxy) is 1. The van der Waals surface area contributed by atoms with Crippen molar-refractivity contribution in [2.75, 3.05) is 18.6 Å². The van der Waals surface area contributed by atoms with Crippen molar-refractivity contribution in [2.24, 2.45) is 0 Å². The molecule has 0 radical (unpaired) electrons. The van der Waals surface area contributed by atoms with Crippen LogP contribution in [-0.2, 0) is 4.74 Å². The van der Waals surface area contributed by atoms with Gasteiger partial charge in [-0.25, -0.2) is 4.79 Å².